The van der Waals surface area contributed by atoms with Gasteiger partial charge in [-0.2, -0.15) is 0 Å². The van der Waals surface area contributed by atoms with Crippen LogP contribution in [0.5, 0.6) is 0 Å². The Morgan fingerprint density at radius 3 is 1.96 bits per heavy atom. The molecule has 2 N–H and O–H groups in total. The highest BCUT2D eigenvalue weighted by Crippen LogP contribution is 2.26. The maximum Gasteiger partial charge on any atom is 0.236 e. The molecule has 5 heteroatoms. The second-order valence-corrected chi connectivity index (χ2v) is 7.89. The molecule has 3 unspecified atom stereocenters. The molecule has 0 bridgehead atoms. The molecule has 0 saturated heterocycles. The molecule has 0 heterocycles. The van der Waals surface area contributed by atoms with E-state index >= 15 is 0 Å². The molecule has 0 aromatic heterocycles. The number of nitrogens with one attached hydrogen (secondary N) is 2. The minimum absolute atomic E-state index is 0.195. The van der Waals surface area contributed by atoms with Gasteiger partial charge in [0.05, 0.1) is 0 Å². The molecule has 23 heavy (non-hydrogen) atoms. The van der Waals surface area contributed by atoms with Gasteiger partial charge in [0.1, 0.15) is 0 Å². The van der Waals surface area contributed by atoms with Crippen molar-refractivity contribution in [3.8, 4) is 0 Å². The van der Waals surface area contributed by atoms with Gasteiger partial charge in [0.2, 0.25) is 7.28 Å². The third-order valence-electron chi connectivity index (χ3n) is 5.58. The van der Waals surface area contributed by atoms with Crippen molar-refractivity contribution in [2.45, 2.75) is 108 Å². The molecule has 1 amide bonds. The molecular weight excluding hydrogens is 302 g/mol. The first kappa shape index (κ1) is 19.3. The molecule has 2 saturated carbocycles. The molecule has 0 aliphatic heterocycles. The normalized spacial score (nSPS) is 28.6. The Morgan fingerprint density at radius 2 is 1.26 bits per heavy atom. The van der Waals surface area contributed by atoms with Crippen molar-refractivity contribution in [2.24, 2.45) is 0 Å². The third-order valence-corrected chi connectivity index (χ3v) is 6.05. The van der Waals surface area contributed by atoms with Crippen LogP contribution in [-0.4, -0.2) is 25.2 Å². The van der Waals surface area contributed by atoms with E-state index in [1.807, 2.05) is 7.28 Å². The molecule has 2 rings (SSSR count). The molecule has 1 radical (unpaired) electrons. The summed E-state index contributed by atoms with van der Waals surface area (Å²) in [5.41, 5.74) is 0. The zero-order valence-electron chi connectivity index (χ0n) is 14.7. The molecule has 131 valence electrons. The average molecular weight is 337 g/mol. The lowest BCUT2D eigenvalue weighted by Crippen LogP contribution is -2.38. The topological polar surface area (TPSA) is 41.1 Å². The lowest BCUT2D eigenvalue weighted by atomic mass is 9.59. The maximum atomic E-state index is 12.4. The van der Waals surface area contributed by atoms with Crippen LogP contribution in [0, 0.1) is 0 Å². The van der Waals surface area contributed by atoms with E-state index in [1.165, 1.54) is 77.0 Å². The summed E-state index contributed by atoms with van der Waals surface area (Å²) in [6, 6.07) is 1.02. The van der Waals surface area contributed by atoms with E-state index in [0.29, 0.717) is 17.9 Å². The standard InChI is InChI=1S/C18H35BN2OP/c22-18(19-15-9-4-2-1-3-5-10-15)20-16-11-6-7-12-17(21-23)14-8-13-16/h15-17,21H,1-14,23H2,(H,20,22). The number of amides is 1. The quantitative estimate of drug-likeness (QED) is 0.572. The fourth-order valence-corrected chi connectivity index (χ4v) is 4.44. The zero-order valence-corrected chi connectivity index (χ0v) is 15.8. The van der Waals surface area contributed by atoms with Crippen LogP contribution in [0.3, 0.4) is 0 Å². The van der Waals surface area contributed by atoms with Crippen LogP contribution in [0.15, 0.2) is 0 Å². The fraction of sp³-hybridized carbons (Fsp3) is 0.944. The number of carbonyl (C=O) groups excluding carboxylic acids is 1. The first-order chi connectivity index (χ1) is 11.3. The second-order valence-electron chi connectivity index (χ2n) is 7.56. The van der Waals surface area contributed by atoms with Crippen molar-refractivity contribution in [3.05, 3.63) is 0 Å². The van der Waals surface area contributed by atoms with Crippen LogP contribution in [-0.2, 0) is 0 Å². The number of hydrogen-bond acceptors (Lipinski definition) is 2. The van der Waals surface area contributed by atoms with Crippen LogP contribution >= 0.6 is 9.39 Å². The molecule has 0 aromatic carbocycles. The summed E-state index contributed by atoms with van der Waals surface area (Å²) < 4.78 is 0. The Bertz CT molecular complexity index is 335. The van der Waals surface area contributed by atoms with E-state index in [0.717, 1.165) is 12.8 Å². The van der Waals surface area contributed by atoms with Gasteiger partial charge in [-0.05, 0) is 32.1 Å². The monoisotopic (exact) mass is 337 g/mol. The minimum atomic E-state index is 0.195. The smallest absolute Gasteiger partial charge is 0.236 e. The van der Waals surface area contributed by atoms with Gasteiger partial charge in [0, 0.05) is 12.1 Å². The minimum Gasteiger partial charge on any atom is -0.363 e. The number of hydrogen-bond donors (Lipinski definition) is 2. The Balaban J connectivity index is 1.72. The largest absolute Gasteiger partial charge is 0.363 e. The van der Waals surface area contributed by atoms with Crippen LogP contribution in [0.25, 0.3) is 0 Å². The van der Waals surface area contributed by atoms with E-state index in [2.05, 4.69) is 19.8 Å². The fourth-order valence-electron chi connectivity index (χ4n) is 4.11. The van der Waals surface area contributed by atoms with Gasteiger partial charge in [0.25, 0.3) is 0 Å². The SMILES string of the molecule is O=C([B]C1CCCCCCC1)NC1CCCCC(NP)CCC1. The van der Waals surface area contributed by atoms with Crippen molar-refractivity contribution in [3.63, 3.8) is 0 Å². The molecular formula is C18H35BN2OP. The highest BCUT2D eigenvalue weighted by Gasteiger charge is 2.20. The first-order valence-electron chi connectivity index (χ1n) is 9.89. The molecule has 0 aromatic rings. The Labute approximate surface area is 146 Å². The molecule has 3 atom stereocenters. The summed E-state index contributed by atoms with van der Waals surface area (Å²) >= 11 is 0. The van der Waals surface area contributed by atoms with Gasteiger partial charge in [-0.3, -0.25) is 9.88 Å². The first-order valence-corrected chi connectivity index (χ1v) is 10.5. The van der Waals surface area contributed by atoms with Gasteiger partial charge < -0.3 is 5.32 Å². The van der Waals surface area contributed by atoms with Crippen LogP contribution < -0.4 is 10.4 Å². The summed E-state index contributed by atoms with van der Waals surface area (Å²) in [5.74, 6) is 0.706. The lowest BCUT2D eigenvalue weighted by Gasteiger charge is -2.22. The van der Waals surface area contributed by atoms with Crippen molar-refractivity contribution in [1.82, 2.24) is 10.4 Å². The predicted octanol–water partition coefficient (Wildman–Crippen LogP) is 4.79. The van der Waals surface area contributed by atoms with Gasteiger partial charge in [-0.25, -0.2) is 0 Å². The Hall–Kier alpha value is -0.0751. The maximum absolute atomic E-state index is 12.4. The van der Waals surface area contributed by atoms with Crippen molar-refractivity contribution < 1.29 is 4.79 Å². The number of carbonyl (C=O) groups is 1. The van der Waals surface area contributed by atoms with Crippen molar-refractivity contribution in [2.75, 3.05) is 0 Å². The van der Waals surface area contributed by atoms with E-state index in [4.69, 9.17) is 0 Å². The molecule has 0 spiro atoms. The highest BCUT2D eigenvalue weighted by molar-refractivity contribution is 7.13. The molecule has 2 aliphatic rings. The molecule has 3 nitrogen and oxygen atoms in total. The van der Waals surface area contributed by atoms with Crippen molar-refractivity contribution >= 4 is 22.5 Å². The Kier molecular flexibility index (Phi) is 9.60. The lowest BCUT2D eigenvalue weighted by molar-refractivity contribution is 0.253. The third kappa shape index (κ3) is 8.03. The van der Waals surface area contributed by atoms with Gasteiger partial charge in [-0.1, -0.05) is 73.0 Å². The van der Waals surface area contributed by atoms with Crippen LogP contribution in [0.1, 0.15) is 89.9 Å². The molecule has 2 fully saturated rings. The van der Waals surface area contributed by atoms with Gasteiger partial charge >= 0.3 is 0 Å². The highest BCUT2D eigenvalue weighted by atomic mass is 31.0. The predicted molar refractivity (Wildman–Crippen MR) is 103 cm³/mol. The van der Waals surface area contributed by atoms with Crippen LogP contribution in [0.4, 0.5) is 4.79 Å². The zero-order chi connectivity index (χ0) is 16.3. The van der Waals surface area contributed by atoms with E-state index in [1.54, 1.807) is 0 Å². The summed E-state index contributed by atoms with van der Waals surface area (Å²) in [6.07, 6.45) is 17.6. The van der Waals surface area contributed by atoms with E-state index in [9.17, 15) is 4.79 Å². The van der Waals surface area contributed by atoms with Crippen LogP contribution in [0.2, 0.25) is 5.82 Å². The Morgan fingerprint density at radius 1 is 0.739 bits per heavy atom. The molecule has 2 aliphatic carbocycles. The second kappa shape index (κ2) is 11.5. The summed E-state index contributed by atoms with van der Waals surface area (Å²) in [4.78, 5) is 12.4. The number of rotatable bonds is 4. The summed E-state index contributed by atoms with van der Waals surface area (Å²) in [7, 11) is 4.67. The van der Waals surface area contributed by atoms with E-state index < -0.39 is 0 Å². The summed E-state index contributed by atoms with van der Waals surface area (Å²) in [6.45, 7) is 0. The van der Waals surface area contributed by atoms with Gasteiger partial charge in [-0.15, -0.1) is 0 Å². The van der Waals surface area contributed by atoms with Crippen molar-refractivity contribution in [1.29, 1.82) is 0 Å². The van der Waals surface area contributed by atoms with Gasteiger partial charge in [0.15, 0.2) is 5.81 Å². The van der Waals surface area contributed by atoms with E-state index in [-0.39, 0.29) is 5.81 Å². The summed E-state index contributed by atoms with van der Waals surface area (Å²) in [5, 5.41) is 6.65. The average Bonchev–Trinajstić information content (AvgIpc) is 2.62.